The Labute approximate surface area is 177 Å². The molecule has 6 heteroatoms. The monoisotopic (exact) mass is 407 g/mol. The Balaban J connectivity index is 1.41. The van der Waals surface area contributed by atoms with Gasteiger partial charge in [-0.05, 0) is 36.6 Å². The molecule has 1 atom stereocenters. The number of aromatic nitrogens is 1. The third kappa shape index (κ3) is 4.87. The first-order valence-electron chi connectivity index (χ1n) is 10.9. The van der Waals surface area contributed by atoms with E-state index in [0.717, 1.165) is 29.3 Å². The number of nitrogens with two attached hydrogens (primary N) is 1. The minimum Gasteiger partial charge on any atom is -0.368 e. The summed E-state index contributed by atoms with van der Waals surface area (Å²) in [5, 5.41) is 0. The van der Waals surface area contributed by atoms with Crippen LogP contribution in [-0.2, 0) is 9.53 Å². The van der Waals surface area contributed by atoms with Gasteiger partial charge in [-0.25, -0.2) is 4.98 Å². The van der Waals surface area contributed by atoms with Crippen LogP contribution in [-0.4, -0.2) is 41.4 Å². The van der Waals surface area contributed by atoms with E-state index in [1.54, 1.807) is 12.1 Å². The van der Waals surface area contributed by atoms with Crippen LogP contribution < -0.4 is 5.73 Å². The number of morpholine rings is 1. The number of carbonyl (C=O) groups excluding carboxylic acids is 2. The smallest absolute Gasteiger partial charge is 0.248 e. The maximum atomic E-state index is 12.7. The molecule has 2 N–H and O–H groups in total. The number of hydrogen-bond acceptors (Lipinski definition) is 4. The summed E-state index contributed by atoms with van der Waals surface area (Å²) < 4.78 is 5.95. The number of rotatable bonds is 6. The Morgan fingerprint density at radius 1 is 1.10 bits per heavy atom. The molecular weight excluding hydrogens is 378 g/mol. The van der Waals surface area contributed by atoms with Crippen LogP contribution >= 0.6 is 0 Å². The van der Waals surface area contributed by atoms with Crippen molar-refractivity contribution in [3.63, 3.8) is 0 Å². The molecule has 1 aromatic carbocycles. The molecule has 2 aliphatic rings. The van der Waals surface area contributed by atoms with Gasteiger partial charge >= 0.3 is 0 Å². The standard InChI is InChI=1S/C24H29N3O3/c25-24(29)19-11-9-18(10-12-19)20-6-3-7-21(26-20)22-16-27(14-15-30-22)23(28)13-8-17-4-1-2-5-17/h3,6-7,9-12,17,22H,1-2,4-5,8,13-16H2,(H2,25,29)/t22-/m0/s1. The lowest BCUT2D eigenvalue weighted by atomic mass is 10.0. The predicted molar refractivity (Wildman–Crippen MR) is 115 cm³/mol. The Hall–Kier alpha value is -2.73. The van der Waals surface area contributed by atoms with Crippen LogP contribution in [0.5, 0.6) is 0 Å². The quantitative estimate of drug-likeness (QED) is 0.791. The fourth-order valence-electron chi connectivity index (χ4n) is 4.44. The summed E-state index contributed by atoms with van der Waals surface area (Å²) >= 11 is 0. The van der Waals surface area contributed by atoms with E-state index in [4.69, 9.17) is 15.5 Å². The third-order valence-corrected chi connectivity index (χ3v) is 6.23. The van der Waals surface area contributed by atoms with Crippen molar-refractivity contribution in [1.82, 2.24) is 9.88 Å². The highest BCUT2D eigenvalue weighted by Gasteiger charge is 2.27. The fraction of sp³-hybridized carbons (Fsp3) is 0.458. The molecular formula is C24H29N3O3. The van der Waals surface area contributed by atoms with Crippen molar-refractivity contribution in [2.24, 2.45) is 11.7 Å². The Morgan fingerprint density at radius 3 is 2.60 bits per heavy atom. The molecule has 0 spiro atoms. The van der Waals surface area contributed by atoms with Crippen molar-refractivity contribution >= 4 is 11.8 Å². The second-order valence-electron chi connectivity index (χ2n) is 8.28. The predicted octanol–water partition coefficient (Wildman–Crippen LogP) is 3.72. The average Bonchev–Trinajstić information content (AvgIpc) is 3.31. The summed E-state index contributed by atoms with van der Waals surface area (Å²) in [4.78, 5) is 30.7. The first-order valence-corrected chi connectivity index (χ1v) is 10.9. The molecule has 6 nitrogen and oxygen atoms in total. The van der Waals surface area contributed by atoms with Crippen LogP contribution in [0.25, 0.3) is 11.3 Å². The highest BCUT2D eigenvalue weighted by atomic mass is 16.5. The lowest BCUT2D eigenvalue weighted by Crippen LogP contribution is -2.42. The molecule has 1 aliphatic heterocycles. The summed E-state index contributed by atoms with van der Waals surface area (Å²) in [5.41, 5.74) is 8.31. The molecule has 0 bridgehead atoms. The van der Waals surface area contributed by atoms with Gasteiger partial charge in [0.15, 0.2) is 0 Å². The van der Waals surface area contributed by atoms with Crippen molar-refractivity contribution in [1.29, 1.82) is 0 Å². The molecule has 30 heavy (non-hydrogen) atoms. The number of ether oxygens (including phenoxy) is 1. The van der Waals surface area contributed by atoms with E-state index >= 15 is 0 Å². The van der Waals surface area contributed by atoms with Gasteiger partial charge in [0.1, 0.15) is 6.10 Å². The molecule has 1 saturated carbocycles. The zero-order chi connectivity index (χ0) is 20.9. The summed E-state index contributed by atoms with van der Waals surface area (Å²) in [6, 6.07) is 12.9. The number of amides is 2. The molecule has 0 unspecified atom stereocenters. The molecule has 2 amide bonds. The summed E-state index contributed by atoms with van der Waals surface area (Å²) in [6.45, 7) is 1.72. The van der Waals surface area contributed by atoms with Crippen LogP contribution in [0.3, 0.4) is 0 Å². The largest absolute Gasteiger partial charge is 0.368 e. The molecule has 2 fully saturated rings. The number of nitrogens with zero attached hydrogens (tertiary/aromatic N) is 2. The van der Waals surface area contributed by atoms with Gasteiger partial charge in [-0.2, -0.15) is 0 Å². The first-order chi connectivity index (χ1) is 14.6. The van der Waals surface area contributed by atoms with E-state index in [1.807, 2.05) is 35.2 Å². The summed E-state index contributed by atoms with van der Waals surface area (Å²) in [5.74, 6) is 0.509. The zero-order valence-electron chi connectivity index (χ0n) is 17.3. The topological polar surface area (TPSA) is 85.5 Å². The van der Waals surface area contributed by atoms with Gasteiger partial charge in [0, 0.05) is 24.1 Å². The van der Waals surface area contributed by atoms with Crippen molar-refractivity contribution in [3.8, 4) is 11.3 Å². The molecule has 2 aromatic rings. The number of benzene rings is 1. The first kappa shape index (κ1) is 20.5. The molecule has 1 aromatic heterocycles. The van der Waals surface area contributed by atoms with Crippen LogP contribution in [0.4, 0.5) is 0 Å². The van der Waals surface area contributed by atoms with Gasteiger partial charge in [-0.1, -0.05) is 43.9 Å². The van der Waals surface area contributed by atoms with E-state index in [2.05, 4.69) is 0 Å². The second kappa shape index (κ2) is 9.39. The normalized spacial score (nSPS) is 19.7. The average molecular weight is 408 g/mol. The minimum absolute atomic E-state index is 0.223. The van der Waals surface area contributed by atoms with E-state index in [-0.39, 0.29) is 12.0 Å². The third-order valence-electron chi connectivity index (χ3n) is 6.23. The molecule has 4 rings (SSSR count). The van der Waals surface area contributed by atoms with Crippen LogP contribution in [0.1, 0.15) is 60.7 Å². The van der Waals surface area contributed by atoms with Crippen molar-refractivity contribution in [2.45, 2.75) is 44.6 Å². The van der Waals surface area contributed by atoms with Gasteiger partial charge in [0.2, 0.25) is 11.8 Å². The maximum absolute atomic E-state index is 12.7. The van der Waals surface area contributed by atoms with Gasteiger partial charge in [0.05, 0.1) is 24.5 Å². The number of primary amides is 1. The van der Waals surface area contributed by atoms with E-state index < -0.39 is 5.91 Å². The Morgan fingerprint density at radius 2 is 1.87 bits per heavy atom. The van der Waals surface area contributed by atoms with E-state index in [1.165, 1.54) is 25.7 Å². The number of pyridine rings is 1. The summed E-state index contributed by atoms with van der Waals surface area (Å²) in [6.07, 6.45) is 6.59. The fourth-order valence-corrected chi connectivity index (χ4v) is 4.44. The maximum Gasteiger partial charge on any atom is 0.248 e. The molecule has 2 heterocycles. The van der Waals surface area contributed by atoms with Crippen molar-refractivity contribution in [3.05, 3.63) is 53.7 Å². The van der Waals surface area contributed by atoms with Crippen molar-refractivity contribution in [2.75, 3.05) is 19.7 Å². The van der Waals surface area contributed by atoms with Gasteiger partial charge in [0.25, 0.3) is 0 Å². The van der Waals surface area contributed by atoms with Crippen LogP contribution in [0.15, 0.2) is 42.5 Å². The van der Waals surface area contributed by atoms with Crippen molar-refractivity contribution < 1.29 is 14.3 Å². The lowest BCUT2D eigenvalue weighted by molar-refractivity contribution is -0.139. The SMILES string of the molecule is NC(=O)c1ccc(-c2cccc([C@@H]3CN(C(=O)CCC4CCCC4)CCO3)n2)cc1. The van der Waals surface area contributed by atoms with E-state index in [9.17, 15) is 9.59 Å². The second-order valence-corrected chi connectivity index (χ2v) is 8.28. The lowest BCUT2D eigenvalue weighted by Gasteiger charge is -2.33. The van der Waals surface area contributed by atoms with Gasteiger partial charge in [-0.15, -0.1) is 0 Å². The van der Waals surface area contributed by atoms with Crippen LogP contribution in [0.2, 0.25) is 0 Å². The minimum atomic E-state index is -0.448. The van der Waals surface area contributed by atoms with Gasteiger partial charge < -0.3 is 15.4 Å². The number of carbonyl (C=O) groups is 2. The Kier molecular flexibility index (Phi) is 6.43. The highest BCUT2D eigenvalue weighted by molar-refractivity contribution is 5.93. The zero-order valence-corrected chi connectivity index (χ0v) is 17.3. The Bertz CT molecular complexity index is 891. The summed E-state index contributed by atoms with van der Waals surface area (Å²) in [7, 11) is 0. The highest BCUT2D eigenvalue weighted by Crippen LogP contribution is 2.29. The van der Waals surface area contributed by atoms with Gasteiger partial charge in [-0.3, -0.25) is 9.59 Å². The molecule has 0 radical (unpaired) electrons. The number of hydrogen-bond donors (Lipinski definition) is 1. The molecule has 1 aliphatic carbocycles. The molecule has 1 saturated heterocycles. The van der Waals surface area contributed by atoms with Crippen LogP contribution in [0, 0.1) is 5.92 Å². The molecule has 158 valence electrons. The van der Waals surface area contributed by atoms with E-state index in [0.29, 0.717) is 31.7 Å².